The van der Waals surface area contributed by atoms with Gasteiger partial charge in [0.05, 0.1) is 5.69 Å². The minimum atomic E-state index is 0.264. The normalized spacial score (nSPS) is 16.6. The number of rotatable bonds is 3. The van der Waals surface area contributed by atoms with Crippen LogP contribution in [0.2, 0.25) is 0 Å². The highest BCUT2D eigenvalue weighted by Gasteiger charge is 2.28. The van der Waals surface area contributed by atoms with E-state index in [9.17, 15) is 4.79 Å². The number of Topliss-reactive ketones (excluding diaryl/α,β-unsaturated/α-hetero) is 1. The van der Waals surface area contributed by atoms with Crippen molar-refractivity contribution in [2.24, 2.45) is 5.92 Å². The third kappa shape index (κ3) is 3.41. The molecular weight excluding hydrogens is 398 g/mol. The maximum absolute atomic E-state index is 12.7. The Morgan fingerprint density at radius 1 is 1.00 bits per heavy atom. The molecule has 0 unspecified atom stereocenters. The van der Waals surface area contributed by atoms with Crippen LogP contribution in [0.15, 0.2) is 59.1 Å². The number of carbonyl (C=O) groups excluding carboxylic acids is 1. The largest absolute Gasteiger partial charge is 0.313 e. The molecule has 0 saturated carbocycles. The average Bonchev–Trinajstić information content (AvgIpc) is 3.02. The summed E-state index contributed by atoms with van der Waals surface area (Å²) in [6.45, 7) is 6.58. The van der Waals surface area contributed by atoms with Gasteiger partial charge in [0, 0.05) is 27.8 Å². The van der Waals surface area contributed by atoms with Gasteiger partial charge in [0.1, 0.15) is 0 Å². The Labute approximate surface area is 169 Å². The number of halogens is 1. The number of ketones is 1. The van der Waals surface area contributed by atoms with E-state index in [4.69, 9.17) is 0 Å². The molecule has 1 aliphatic rings. The molecule has 0 N–H and O–H groups in total. The van der Waals surface area contributed by atoms with Crippen molar-refractivity contribution in [2.75, 3.05) is 0 Å². The summed E-state index contributed by atoms with van der Waals surface area (Å²) in [5.74, 6) is 1.15. The van der Waals surface area contributed by atoms with Gasteiger partial charge < -0.3 is 4.57 Å². The maximum Gasteiger partial charge on any atom is 0.164 e. The standard InChI is InChI=1S/C24H24BrNO/c1-15(2)17-6-10-20(11-7-17)26-22(18-4-8-19(25)9-5-18)14-21-23(26)12-16(3)13-24(21)27/h4-11,14-16H,12-13H2,1-3H3/t16-/m1/s1. The Hall–Kier alpha value is -2.13. The van der Waals surface area contributed by atoms with Crippen molar-refractivity contribution in [3.05, 3.63) is 75.9 Å². The fourth-order valence-electron chi connectivity index (χ4n) is 3.96. The molecule has 3 aromatic rings. The Kier molecular flexibility index (Phi) is 4.81. The lowest BCUT2D eigenvalue weighted by molar-refractivity contribution is 0.0952. The monoisotopic (exact) mass is 421 g/mol. The molecule has 0 spiro atoms. The van der Waals surface area contributed by atoms with Crippen molar-refractivity contribution >= 4 is 21.7 Å². The van der Waals surface area contributed by atoms with Crippen molar-refractivity contribution in [2.45, 2.75) is 39.5 Å². The van der Waals surface area contributed by atoms with Crippen molar-refractivity contribution in [1.82, 2.24) is 4.57 Å². The molecule has 0 fully saturated rings. The van der Waals surface area contributed by atoms with Gasteiger partial charge in [0.25, 0.3) is 0 Å². The van der Waals surface area contributed by atoms with E-state index in [1.807, 2.05) is 0 Å². The summed E-state index contributed by atoms with van der Waals surface area (Å²) in [6.07, 6.45) is 1.58. The number of nitrogens with zero attached hydrogens (tertiary/aromatic N) is 1. The number of fused-ring (bicyclic) bond motifs is 1. The Morgan fingerprint density at radius 3 is 2.30 bits per heavy atom. The van der Waals surface area contributed by atoms with Crippen molar-refractivity contribution in [1.29, 1.82) is 0 Å². The molecule has 0 saturated heterocycles. The summed E-state index contributed by atoms with van der Waals surface area (Å²) in [5, 5.41) is 0. The molecule has 138 valence electrons. The van der Waals surface area contributed by atoms with Crippen LogP contribution in [0.3, 0.4) is 0 Å². The van der Waals surface area contributed by atoms with E-state index in [-0.39, 0.29) is 5.78 Å². The van der Waals surface area contributed by atoms with Crippen LogP contribution >= 0.6 is 15.9 Å². The van der Waals surface area contributed by atoms with E-state index in [2.05, 4.69) is 95.9 Å². The Morgan fingerprint density at radius 2 is 1.67 bits per heavy atom. The average molecular weight is 422 g/mol. The molecule has 27 heavy (non-hydrogen) atoms. The zero-order chi connectivity index (χ0) is 19.1. The number of hydrogen-bond acceptors (Lipinski definition) is 1. The van der Waals surface area contributed by atoms with Gasteiger partial charge in [0.2, 0.25) is 0 Å². The summed E-state index contributed by atoms with van der Waals surface area (Å²) in [7, 11) is 0. The summed E-state index contributed by atoms with van der Waals surface area (Å²) in [5.41, 5.74) is 6.70. The van der Waals surface area contributed by atoms with E-state index >= 15 is 0 Å². The van der Waals surface area contributed by atoms with Crippen molar-refractivity contribution < 1.29 is 4.79 Å². The number of carbonyl (C=O) groups is 1. The first-order chi connectivity index (χ1) is 12.9. The van der Waals surface area contributed by atoms with Crippen LogP contribution in [0.5, 0.6) is 0 Å². The number of aromatic nitrogens is 1. The lowest BCUT2D eigenvalue weighted by atomic mass is 9.88. The number of benzene rings is 2. The maximum atomic E-state index is 12.7. The van der Waals surface area contributed by atoms with Gasteiger partial charge >= 0.3 is 0 Å². The lowest BCUT2D eigenvalue weighted by Crippen LogP contribution is -2.19. The summed E-state index contributed by atoms with van der Waals surface area (Å²) in [4.78, 5) is 12.7. The minimum Gasteiger partial charge on any atom is -0.313 e. The predicted molar refractivity (Wildman–Crippen MR) is 115 cm³/mol. The molecule has 2 nitrogen and oxygen atoms in total. The molecule has 4 rings (SSSR count). The zero-order valence-corrected chi connectivity index (χ0v) is 17.6. The first-order valence-corrected chi connectivity index (χ1v) is 10.4. The van der Waals surface area contributed by atoms with Crippen molar-refractivity contribution in [3.8, 4) is 16.9 Å². The van der Waals surface area contributed by atoms with Gasteiger partial charge in [-0.05, 0) is 59.7 Å². The highest BCUT2D eigenvalue weighted by atomic mass is 79.9. The molecule has 1 heterocycles. The van der Waals surface area contributed by atoms with E-state index in [0.29, 0.717) is 18.3 Å². The third-order valence-corrected chi connectivity index (χ3v) is 5.97. The first-order valence-electron chi connectivity index (χ1n) is 9.58. The van der Waals surface area contributed by atoms with Crippen LogP contribution in [-0.4, -0.2) is 10.4 Å². The predicted octanol–water partition coefficient (Wildman–Crippen LogP) is 6.80. The Bertz CT molecular complexity index is 980. The molecule has 3 heteroatoms. The van der Waals surface area contributed by atoms with E-state index < -0.39 is 0 Å². The second-order valence-corrected chi connectivity index (χ2v) is 8.83. The zero-order valence-electron chi connectivity index (χ0n) is 16.0. The van der Waals surface area contributed by atoms with E-state index in [0.717, 1.165) is 39.1 Å². The summed E-state index contributed by atoms with van der Waals surface area (Å²) in [6, 6.07) is 19.2. The second kappa shape index (κ2) is 7.12. The fraction of sp³-hybridized carbons (Fsp3) is 0.292. The smallest absolute Gasteiger partial charge is 0.164 e. The lowest BCUT2D eigenvalue weighted by Gasteiger charge is -2.21. The molecule has 1 aromatic heterocycles. The molecule has 1 atom stereocenters. The fourth-order valence-corrected chi connectivity index (χ4v) is 4.22. The quantitative estimate of drug-likeness (QED) is 0.455. The van der Waals surface area contributed by atoms with Crippen LogP contribution in [-0.2, 0) is 6.42 Å². The van der Waals surface area contributed by atoms with Gasteiger partial charge in [-0.3, -0.25) is 4.79 Å². The summed E-state index contributed by atoms with van der Waals surface area (Å²) >= 11 is 3.52. The highest BCUT2D eigenvalue weighted by molar-refractivity contribution is 9.10. The van der Waals surface area contributed by atoms with Crippen LogP contribution < -0.4 is 0 Å². The Balaban J connectivity index is 1.92. The van der Waals surface area contributed by atoms with E-state index in [1.165, 1.54) is 5.56 Å². The minimum absolute atomic E-state index is 0.264. The molecule has 0 radical (unpaired) electrons. The molecule has 0 aliphatic heterocycles. The molecule has 0 bridgehead atoms. The van der Waals surface area contributed by atoms with Crippen LogP contribution in [0.1, 0.15) is 54.7 Å². The van der Waals surface area contributed by atoms with Gasteiger partial charge in [0.15, 0.2) is 5.78 Å². The van der Waals surface area contributed by atoms with Gasteiger partial charge in [-0.2, -0.15) is 0 Å². The van der Waals surface area contributed by atoms with Gasteiger partial charge in [-0.1, -0.05) is 61.0 Å². The molecule has 0 amide bonds. The second-order valence-electron chi connectivity index (χ2n) is 7.92. The van der Waals surface area contributed by atoms with Crippen molar-refractivity contribution in [3.63, 3.8) is 0 Å². The molecule has 2 aromatic carbocycles. The third-order valence-electron chi connectivity index (χ3n) is 5.44. The van der Waals surface area contributed by atoms with E-state index in [1.54, 1.807) is 0 Å². The molecule has 1 aliphatic carbocycles. The van der Waals surface area contributed by atoms with Crippen LogP contribution in [0.4, 0.5) is 0 Å². The first kappa shape index (κ1) is 18.2. The van der Waals surface area contributed by atoms with Gasteiger partial charge in [-0.25, -0.2) is 0 Å². The highest BCUT2D eigenvalue weighted by Crippen LogP contribution is 2.36. The number of hydrogen-bond donors (Lipinski definition) is 0. The SMILES string of the molecule is CC(C)c1ccc(-n2c(-c3ccc(Br)cc3)cc3c2C[C@@H](C)CC3=O)cc1. The molecular formula is C24H24BrNO. The van der Waals surface area contributed by atoms with Gasteiger partial charge in [-0.15, -0.1) is 0 Å². The topological polar surface area (TPSA) is 22.0 Å². The van der Waals surface area contributed by atoms with Crippen LogP contribution in [0.25, 0.3) is 16.9 Å². The van der Waals surface area contributed by atoms with Crippen LogP contribution in [0, 0.1) is 5.92 Å². The summed E-state index contributed by atoms with van der Waals surface area (Å²) < 4.78 is 3.34.